The zero-order chi connectivity index (χ0) is 23.5. The first-order chi connectivity index (χ1) is 15.1. The smallest absolute Gasteiger partial charge is 0.273 e. The normalized spacial score (nSPS) is 12.3. The van der Waals surface area contributed by atoms with E-state index in [0.29, 0.717) is 11.5 Å². The summed E-state index contributed by atoms with van der Waals surface area (Å²) in [5.74, 6) is -0.946. The summed E-state index contributed by atoms with van der Waals surface area (Å²) in [6, 6.07) is 7.66. The third kappa shape index (κ3) is 4.43. The van der Waals surface area contributed by atoms with Gasteiger partial charge in [-0.3, -0.25) is 14.3 Å². The lowest BCUT2D eigenvalue weighted by Gasteiger charge is -2.16. The highest BCUT2D eigenvalue weighted by Crippen LogP contribution is 2.33. The van der Waals surface area contributed by atoms with Gasteiger partial charge in [0.2, 0.25) is 0 Å². The molecule has 0 saturated carbocycles. The zero-order valence-corrected chi connectivity index (χ0v) is 16.1. The minimum Gasteiger partial charge on any atom is -0.494 e. The molecule has 0 aliphatic heterocycles. The van der Waals surface area contributed by atoms with E-state index in [1.165, 1.54) is 17.9 Å². The molecular weight excluding hydrogens is 398 g/mol. The number of hydrogen-bond donors (Lipinski definition) is 3. The second-order valence-electron chi connectivity index (χ2n) is 5.72. The highest BCUT2D eigenvalue weighted by Gasteiger charge is 2.19. The Morgan fingerprint density at radius 2 is 2.03 bits per heavy atom. The lowest BCUT2D eigenvalue weighted by atomic mass is 10.1. The molecule has 0 atom stereocenters. The van der Waals surface area contributed by atoms with Crippen molar-refractivity contribution in [3.05, 3.63) is 52.9 Å². The van der Waals surface area contributed by atoms with Gasteiger partial charge < -0.3 is 20.7 Å². The number of benzene rings is 1. The van der Waals surface area contributed by atoms with Gasteiger partial charge in [-0.15, -0.1) is 10.2 Å². The van der Waals surface area contributed by atoms with Crippen molar-refractivity contribution in [3.63, 3.8) is 0 Å². The van der Waals surface area contributed by atoms with Crippen LogP contribution in [0, 0.1) is 0 Å². The van der Waals surface area contributed by atoms with Gasteiger partial charge in [0.1, 0.15) is 0 Å². The summed E-state index contributed by atoms with van der Waals surface area (Å²) in [6.07, 6.45) is 1.68. The number of nitrogens with zero attached hydrogens (tertiary/aromatic N) is 4. The molecule has 0 aliphatic carbocycles. The third-order valence-electron chi connectivity index (χ3n) is 3.78. The lowest BCUT2D eigenvalue weighted by molar-refractivity contribution is 0.0957. The number of anilines is 3. The summed E-state index contributed by atoms with van der Waals surface area (Å²) >= 11 is 5.91. The van der Waals surface area contributed by atoms with Crippen LogP contribution in [0.1, 0.15) is 25.0 Å². The average molecular weight is 419 g/mol. The highest BCUT2D eigenvalue weighted by molar-refractivity contribution is 6.29. The number of amides is 2. The molecule has 10 nitrogen and oxygen atoms in total. The Bertz CT molecular complexity index is 1170. The Hall–Kier alpha value is -3.66. The van der Waals surface area contributed by atoms with Crippen molar-refractivity contribution in [1.82, 2.24) is 25.3 Å². The van der Waals surface area contributed by atoms with E-state index >= 15 is 0 Å². The number of nitrogens with one attached hydrogen (secondary N) is 3. The Balaban J connectivity index is 1.94. The molecule has 0 aliphatic rings. The second kappa shape index (κ2) is 8.57. The first-order valence-corrected chi connectivity index (χ1v) is 8.56. The molecule has 0 radical (unpaired) electrons. The monoisotopic (exact) mass is 418 g/mol. The molecule has 2 amide bonds. The van der Waals surface area contributed by atoms with Crippen LogP contribution < -0.4 is 20.7 Å². The van der Waals surface area contributed by atoms with E-state index in [9.17, 15) is 9.59 Å². The minimum absolute atomic E-state index is 0.0408. The van der Waals surface area contributed by atoms with Crippen molar-refractivity contribution in [2.75, 3.05) is 24.7 Å². The molecule has 2 heterocycles. The van der Waals surface area contributed by atoms with Crippen LogP contribution in [0.15, 0.2) is 36.5 Å². The molecule has 3 N–H and O–H groups in total. The Labute approximate surface area is 175 Å². The number of halogens is 1. The molecule has 2 aromatic heterocycles. The fraction of sp³-hybridized carbons (Fsp3) is 0.167. The molecule has 0 unspecified atom stereocenters. The van der Waals surface area contributed by atoms with Crippen LogP contribution in [0.2, 0.25) is 5.15 Å². The number of hydrogen-bond acceptors (Lipinski definition) is 7. The van der Waals surface area contributed by atoms with E-state index in [4.69, 9.17) is 20.5 Å². The number of carbonyl (C=O) groups excluding carboxylic acids is 2. The molecule has 3 rings (SSSR count). The molecule has 150 valence electrons. The van der Waals surface area contributed by atoms with Crippen molar-refractivity contribution in [2.24, 2.45) is 7.05 Å². The maximum atomic E-state index is 12.8. The first kappa shape index (κ1) is 16.3. The predicted molar refractivity (Wildman–Crippen MR) is 108 cm³/mol. The van der Waals surface area contributed by atoms with E-state index in [1.807, 2.05) is 5.32 Å². The molecule has 11 heteroatoms. The molecule has 1 aromatic carbocycles. The van der Waals surface area contributed by atoms with E-state index in [-0.39, 0.29) is 27.8 Å². The zero-order valence-electron chi connectivity index (χ0n) is 18.4. The number of carbonyl (C=O) groups is 2. The predicted octanol–water partition coefficient (Wildman–Crippen LogP) is 2.23. The van der Waals surface area contributed by atoms with Gasteiger partial charge in [-0.2, -0.15) is 5.10 Å². The fourth-order valence-electron chi connectivity index (χ4n) is 2.53. The van der Waals surface area contributed by atoms with Gasteiger partial charge in [0.15, 0.2) is 22.4 Å². The van der Waals surface area contributed by atoms with Crippen LogP contribution in [-0.4, -0.2) is 45.9 Å². The van der Waals surface area contributed by atoms with Crippen molar-refractivity contribution in [3.8, 4) is 5.75 Å². The SMILES string of the molecule is [2H]C([2H])([2H])NC(=O)c1nnc(Cl)cc1Nc1cccc(C(=O)Nc2ccn(C)n2)c1OC. The third-order valence-corrected chi connectivity index (χ3v) is 3.97. The number of ether oxygens (including phenoxy) is 1. The van der Waals surface area contributed by atoms with E-state index in [1.54, 1.807) is 37.5 Å². The fourth-order valence-corrected chi connectivity index (χ4v) is 2.68. The number of aromatic nitrogens is 4. The van der Waals surface area contributed by atoms with Gasteiger partial charge in [0.25, 0.3) is 11.8 Å². The van der Waals surface area contributed by atoms with Gasteiger partial charge in [-0.25, -0.2) is 0 Å². The van der Waals surface area contributed by atoms with Crippen LogP contribution in [0.25, 0.3) is 0 Å². The Morgan fingerprint density at radius 1 is 1.21 bits per heavy atom. The van der Waals surface area contributed by atoms with Crippen LogP contribution in [0.5, 0.6) is 5.75 Å². The minimum atomic E-state index is -2.73. The molecule has 0 fully saturated rings. The topological polar surface area (TPSA) is 123 Å². The van der Waals surface area contributed by atoms with Crippen molar-refractivity contribution >= 4 is 40.6 Å². The van der Waals surface area contributed by atoms with Crippen LogP contribution >= 0.6 is 11.6 Å². The van der Waals surface area contributed by atoms with Gasteiger partial charge in [-0.1, -0.05) is 17.7 Å². The van der Waals surface area contributed by atoms with Crippen LogP contribution in [-0.2, 0) is 7.05 Å². The maximum absolute atomic E-state index is 12.8. The highest BCUT2D eigenvalue weighted by atomic mass is 35.5. The van der Waals surface area contributed by atoms with E-state index in [2.05, 4.69) is 25.9 Å². The number of para-hydroxylation sites is 1. The van der Waals surface area contributed by atoms with Crippen molar-refractivity contribution < 1.29 is 18.4 Å². The largest absolute Gasteiger partial charge is 0.494 e. The summed E-state index contributed by atoms with van der Waals surface area (Å²) in [5, 5.41) is 18.8. The van der Waals surface area contributed by atoms with Crippen LogP contribution in [0.4, 0.5) is 17.2 Å². The summed E-state index contributed by atoms with van der Waals surface area (Å²) < 4.78 is 28.6. The molecular formula is C18H18ClN7O3. The lowest BCUT2D eigenvalue weighted by Crippen LogP contribution is -2.21. The van der Waals surface area contributed by atoms with Gasteiger partial charge in [0.05, 0.1) is 24.0 Å². The van der Waals surface area contributed by atoms with E-state index < -0.39 is 18.8 Å². The number of methoxy groups -OCH3 is 1. The summed E-state index contributed by atoms with van der Waals surface area (Å²) in [6.45, 7) is -2.73. The van der Waals surface area contributed by atoms with Gasteiger partial charge in [-0.05, 0) is 12.1 Å². The Morgan fingerprint density at radius 3 is 2.72 bits per heavy atom. The van der Waals surface area contributed by atoms with Crippen LogP contribution in [0.3, 0.4) is 0 Å². The molecule has 0 saturated heterocycles. The molecule has 29 heavy (non-hydrogen) atoms. The van der Waals surface area contributed by atoms with Gasteiger partial charge in [0, 0.05) is 36.5 Å². The molecule has 0 bridgehead atoms. The van der Waals surface area contributed by atoms with E-state index in [0.717, 1.165) is 0 Å². The Kier molecular flexibility index (Phi) is 4.82. The molecule has 3 aromatic rings. The van der Waals surface area contributed by atoms with Crippen molar-refractivity contribution in [2.45, 2.75) is 0 Å². The summed E-state index contributed by atoms with van der Waals surface area (Å²) in [5.41, 5.74) is 0.237. The van der Waals surface area contributed by atoms with Crippen molar-refractivity contribution in [1.29, 1.82) is 0 Å². The average Bonchev–Trinajstić information content (AvgIpc) is 3.11. The standard InChI is InChI=1S/C18H18ClN7O3/c1-20-18(28)15-12(9-13(19)23-24-15)21-11-6-4-5-10(16(11)29-3)17(27)22-14-7-8-26(2)25-14/h4-9H,1-3H3,(H,20,28)(H,21,23)(H,22,25,27)/i1D3. The number of aryl methyl sites for hydroxylation is 1. The quantitative estimate of drug-likeness (QED) is 0.560. The maximum Gasteiger partial charge on any atom is 0.273 e. The summed E-state index contributed by atoms with van der Waals surface area (Å²) in [4.78, 5) is 25.1. The first-order valence-electron chi connectivity index (χ1n) is 9.68. The molecule has 0 spiro atoms. The van der Waals surface area contributed by atoms with Gasteiger partial charge >= 0.3 is 0 Å². The number of rotatable bonds is 6. The summed E-state index contributed by atoms with van der Waals surface area (Å²) in [7, 11) is 3.09. The second-order valence-corrected chi connectivity index (χ2v) is 6.11.